The van der Waals surface area contributed by atoms with Crippen LogP contribution in [0.15, 0.2) is 34.3 Å². The highest BCUT2D eigenvalue weighted by Gasteiger charge is 2.36. The first kappa shape index (κ1) is 23.9. The van der Waals surface area contributed by atoms with Gasteiger partial charge in [-0.25, -0.2) is 0 Å². The van der Waals surface area contributed by atoms with Crippen LogP contribution in [0.3, 0.4) is 0 Å². The van der Waals surface area contributed by atoms with Gasteiger partial charge in [0.1, 0.15) is 11.7 Å². The monoisotopic (exact) mass is 462 g/mol. The number of rotatable bonds is 6. The third kappa shape index (κ3) is 4.93. The summed E-state index contributed by atoms with van der Waals surface area (Å²) >= 11 is 0. The highest BCUT2D eigenvalue weighted by molar-refractivity contribution is 6.05. The molecule has 0 spiro atoms. The van der Waals surface area contributed by atoms with Crippen LogP contribution in [-0.4, -0.2) is 58.7 Å². The first-order chi connectivity index (χ1) is 16.5. The van der Waals surface area contributed by atoms with Crippen molar-refractivity contribution < 1.29 is 0 Å². The highest BCUT2D eigenvalue weighted by Crippen LogP contribution is 2.32. The fraction of sp³-hybridized carbons (Fsp3) is 0.733. The molecular weight excluding hydrogens is 416 g/mol. The van der Waals surface area contributed by atoms with Crippen LogP contribution in [0.1, 0.15) is 103 Å². The van der Waals surface area contributed by atoms with E-state index in [4.69, 9.17) is 9.98 Å². The lowest BCUT2D eigenvalue weighted by atomic mass is 9.92. The van der Waals surface area contributed by atoms with E-state index in [0.29, 0.717) is 36.0 Å². The molecule has 34 heavy (non-hydrogen) atoms. The Morgan fingerprint density at radius 3 is 1.44 bits per heavy atom. The first-order valence-corrected chi connectivity index (χ1v) is 14.3. The van der Waals surface area contributed by atoms with E-state index in [2.05, 4.69) is 61.8 Å². The van der Waals surface area contributed by atoms with Crippen molar-refractivity contribution in [2.45, 2.75) is 116 Å². The van der Waals surface area contributed by atoms with Gasteiger partial charge < -0.3 is 9.80 Å². The summed E-state index contributed by atoms with van der Waals surface area (Å²) in [7, 11) is 0. The number of hydrogen-bond acceptors (Lipinski definition) is 4. The molecule has 0 amide bonds. The fourth-order valence-electron chi connectivity index (χ4n) is 6.55. The maximum Gasteiger partial charge on any atom is 0.131 e. The van der Waals surface area contributed by atoms with Gasteiger partial charge in [-0.05, 0) is 43.6 Å². The quantitative estimate of drug-likeness (QED) is 0.481. The molecule has 0 saturated heterocycles. The van der Waals surface area contributed by atoms with Crippen LogP contribution < -0.4 is 0 Å². The summed E-state index contributed by atoms with van der Waals surface area (Å²) in [5.74, 6) is 3.66. The Hall–Kier alpha value is -1.84. The molecule has 0 N–H and O–H groups in total. The van der Waals surface area contributed by atoms with E-state index in [1.54, 1.807) is 0 Å². The molecule has 0 unspecified atom stereocenters. The van der Waals surface area contributed by atoms with E-state index < -0.39 is 0 Å². The van der Waals surface area contributed by atoms with Gasteiger partial charge in [0.25, 0.3) is 0 Å². The molecule has 0 bridgehead atoms. The molecule has 4 heteroatoms. The van der Waals surface area contributed by atoms with Crippen molar-refractivity contribution >= 4 is 11.7 Å². The van der Waals surface area contributed by atoms with Crippen LogP contribution in [0.5, 0.6) is 0 Å². The lowest BCUT2D eigenvalue weighted by molar-refractivity contribution is 0.241. The summed E-state index contributed by atoms with van der Waals surface area (Å²) in [6.07, 6.45) is 13.5. The second-order valence-electron chi connectivity index (χ2n) is 12.0. The first-order valence-electron chi connectivity index (χ1n) is 14.3. The number of amidine groups is 2. The molecule has 4 nitrogen and oxygen atoms in total. The molecular formula is C30H46N4. The zero-order valence-electron chi connectivity index (χ0n) is 22.0. The van der Waals surface area contributed by atoms with Gasteiger partial charge in [0.15, 0.2) is 0 Å². The predicted octanol–water partition coefficient (Wildman–Crippen LogP) is 6.53. The van der Waals surface area contributed by atoms with E-state index in [1.165, 1.54) is 87.0 Å². The van der Waals surface area contributed by atoms with Gasteiger partial charge in [0.2, 0.25) is 0 Å². The van der Waals surface area contributed by atoms with Gasteiger partial charge in [0, 0.05) is 36.3 Å². The fourth-order valence-corrected chi connectivity index (χ4v) is 6.55. The van der Waals surface area contributed by atoms with E-state index in [-0.39, 0.29) is 0 Å². The van der Waals surface area contributed by atoms with Crippen molar-refractivity contribution in [2.75, 3.05) is 13.1 Å². The maximum absolute atomic E-state index is 5.32. The topological polar surface area (TPSA) is 31.2 Å². The van der Waals surface area contributed by atoms with Crippen molar-refractivity contribution in [3.63, 3.8) is 0 Å². The molecule has 0 aromatic heterocycles. The smallest absolute Gasteiger partial charge is 0.131 e. The molecule has 1 aromatic carbocycles. The maximum atomic E-state index is 5.32. The van der Waals surface area contributed by atoms with E-state index in [1.807, 2.05) is 0 Å². The minimum atomic E-state index is 0.411. The van der Waals surface area contributed by atoms with Crippen molar-refractivity contribution in [1.29, 1.82) is 0 Å². The standard InChI is InChI=1S/C30H46N4/c1-21(2)27-19-33(25-14-7-5-8-15-25)29(31-27)23-12-11-13-24(18-23)30-32-28(22(3)4)20-34(30)26-16-9-6-10-17-26/h11-13,18,21-22,25-28H,5-10,14-17,19-20H2,1-4H3/t27-,28-/m1/s1. The average Bonchev–Trinajstić information content (AvgIpc) is 3.51. The van der Waals surface area contributed by atoms with Crippen LogP contribution >= 0.6 is 0 Å². The lowest BCUT2D eigenvalue weighted by Gasteiger charge is -2.35. The molecule has 5 rings (SSSR count). The Balaban J connectivity index is 1.46. The molecule has 2 fully saturated rings. The van der Waals surface area contributed by atoms with Crippen LogP contribution in [-0.2, 0) is 0 Å². The molecule has 2 aliphatic carbocycles. The van der Waals surface area contributed by atoms with Crippen molar-refractivity contribution in [1.82, 2.24) is 9.80 Å². The van der Waals surface area contributed by atoms with Gasteiger partial charge in [-0.3, -0.25) is 9.98 Å². The molecule has 2 aliphatic heterocycles. The van der Waals surface area contributed by atoms with Crippen molar-refractivity contribution in [3.8, 4) is 0 Å². The van der Waals surface area contributed by atoms with Crippen LogP contribution in [0.25, 0.3) is 0 Å². The summed E-state index contributed by atoms with van der Waals surface area (Å²) < 4.78 is 0. The van der Waals surface area contributed by atoms with Gasteiger partial charge in [-0.15, -0.1) is 0 Å². The van der Waals surface area contributed by atoms with Crippen LogP contribution in [0.2, 0.25) is 0 Å². The summed E-state index contributed by atoms with van der Waals surface area (Å²) in [6.45, 7) is 11.5. The summed E-state index contributed by atoms with van der Waals surface area (Å²) in [4.78, 5) is 16.0. The molecule has 2 saturated carbocycles. The lowest BCUT2D eigenvalue weighted by Crippen LogP contribution is -2.42. The van der Waals surface area contributed by atoms with Crippen LogP contribution in [0.4, 0.5) is 0 Å². The van der Waals surface area contributed by atoms with Gasteiger partial charge in [-0.1, -0.05) is 84.4 Å². The van der Waals surface area contributed by atoms with Gasteiger partial charge in [0.05, 0.1) is 12.1 Å². The van der Waals surface area contributed by atoms with Gasteiger partial charge >= 0.3 is 0 Å². The number of nitrogens with zero attached hydrogens (tertiary/aromatic N) is 4. The predicted molar refractivity (Wildman–Crippen MR) is 144 cm³/mol. The Morgan fingerprint density at radius 1 is 0.647 bits per heavy atom. The molecule has 0 radical (unpaired) electrons. The largest absolute Gasteiger partial charge is 0.351 e. The number of benzene rings is 1. The minimum Gasteiger partial charge on any atom is -0.351 e. The molecule has 1 aromatic rings. The zero-order chi connectivity index (χ0) is 23.7. The van der Waals surface area contributed by atoms with Crippen LogP contribution in [0, 0.1) is 11.8 Å². The highest BCUT2D eigenvalue weighted by atomic mass is 15.3. The Labute approximate surface area is 207 Å². The second-order valence-corrected chi connectivity index (χ2v) is 12.0. The summed E-state index contributed by atoms with van der Waals surface area (Å²) in [5, 5.41) is 0. The SMILES string of the molecule is CC(C)[C@H]1CN(C2CCCCC2)C(c2cccc(C3=N[C@@H](C(C)C)CN3C3CCCCC3)c2)=N1. The molecule has 2 atom stereocenters. The number of hydrogen-bond donors (Lipinski definition) is 0. The third-order valence-corrected chi connectivity index (χ3v) is 8.84. The van der Waals surface area contributed by atoms with E-state index in [0.717, 1.165) is 13.1 Å². The van der Waals surface area contributed by atoms with Crippen molar-refractivity contribution in [3.05, 3.63) is 35.4 Å². The average molecular weight is 463 g/mol. The third-order valence-electron chi connectivity index (χ3n) is 8.84. The summed E-state index contributed by atoms with van der Waals surface area (Å²) in [5.41, 5.74) is 2.59. The molecule has 4 aliphatic rings. The minimum absolute atomic E-state index is 0.411. The van der Waals surface area contributed by atoms with Crippen molar-refractivity contribution in [2.24, 2.45) is 21.8 Å². The Kier molecular flexibility index (Phi) is 7.32. The zero-order valence-corrected chi connectivity index (χ0v) is 22.0. The molecule has 2 heterocycles. The second kappa shape index (κ2) is 10.4. The van der Waals surface area contributed by atoms with E-state index >= 15 is 0 Å². The normalized spacial score (nSPS) is 27.1. The van der Waals surface area contributed by atoms with Gasteiger partial charge in [-0.2, -0.15) is 0 Å². The Morgan fingerprint density at radius 2 is 1.06 bits per heavy atom. The Bertz CT molecular complexity index is 820. The molecule has 186 valence electrons. The summed E-state index contributed by atoms with van der Waals surface area (Å²) in [6, 6.07) is 11.4. The number of aliphatic imine (C=N–C) groups is 2. The van der Waals surface area contributed by atoms with E-state index in [9.17, 15) is 0 Å².